The van der Waals surface area contributed by atoms with Crippen molar-refractivity contribution in [2.24, 2.45) is 0 Å². The van der Waals surface area contributed by atoms with Gasteiger partial charge in [0.2, 0.25) is 5.89 Å². The van der Waals surface area contributed by atoms with Gasteiger partial charge in [-0.3, -0.25) is 9.69 Å². The van der Waals surface area contributed by atoms with Crippen LogP contribution >= 0.6 is 0 Å². The molecule has 0 atom stereocenters. The van der Waals surface area contributed by atoms with E-state index in [9.17, 15) is 4.79 Å². The number of carbonyl (C=O) groups excluding carboxylic acids is 1. The lowest BCUT2D eigenvalue weighted by Gasteiger charge is -2.35. The van der Waals surface area contributed by atoms with Gasteiger partial charge >= 0.3 is 0 Å². The van der Waals surface area contributed by atoms with E-state index in [-0.39, 0.29) is 5.91 Å². The van der Waals surface area contributed by atoms with Crippen LogP contribution in [0.25, 0.3) is 0 Å². The second-order valence-electron chi connectivity index (χ2n) is 6.09. The van der Waals surface area contributed by atoms with Crippen molar-refractivity contribution in [2.45, 2.75) is 6.54 Å². The lowest BCUT2D eigenvalue weighted by atomic mass is 10.2. The van der Waals surface area contributed by atoms with Crippen LogP contribution in [-0.2, 0) is 6.54 Å². The van der Waals surface area contributed by atoms with E-state index in [1.165, 1.54) is 12.0 Å². The summed E-state index contributed by atoms with van der Waals surface area (Å²) in [6, 6.07) is 8.11. The number of anilines is 1. The normalized spacial score (nSPS) is 14.9. The number of hydrogen-bond acceptors (Lipinski definition) is 6. The van der Waals surface area contributed by atoms with E-state index in [2.05, 4.69) is 38.8 Å². The lowest BCUT2D eigenvalue weighted by Crippen LogP contribution is -2.46. The molecular formula is C19H24N4O3. The maximum absolute atomic E-state index is 11.8. The first kappa shape index (κ1) is 18.0. The molecule has 1 aromatic heterocycles. The Labute approximate surface area is 153 Å². The third-order valence-electron chi connectivity index (χ3n) is 4.34. The molecule has 26 heavy (non-hydrogen) atoms. The minimum Gasteiger partial charge on any atom is -0.497 e. The van der Waals surface area contributed by atoms with Gasteiger partial charge in [-0.25, -0.2) is 4.98 Å². The van der Waals surface area contributed by atoms with Gasteiger partial charge in [0.1, 0.15) is 12.0 Å². The first-order valence-corrected chi connectivity index (χ1v) is 8.64. The van der Waals surface area contributed by atoms with Gasteiger partial charge in [-0.1, -0.05) is 12.1 Å². The maximum atomic E-state index is 11.8. The molecule has 138 valence electrons. The number of nitrogens with zero attached hydrogens (tertiary/aromatic N) is 3. The number of oxazole rings is 1. The molecule has 0 radical (unpaired) electrons. The van der Waals surface area contributed by atoms with Gasteiger partial charge in [0.25, 0.3) is 5.91 Å². The third-order valence-corrected chi connectivity index (χ3v) is 4.34. The van der Waals surface area contributed by atoms with Crippen LogP contribution in [0.4, 0.5) is 5.69 Å². The summed E-state index contributed by atoms with van der Waals surface area (Å²) in [6.07, 6.45) is 3.03. The first-order valence-electron chi connectivity index (χ1n) is 8.64. The number of hydrogen-bond donors (Lipinski definition) is 1. The summed E-state index contributed by atoms with van der Waals surface area (Å²) in [5.41, 5.74) is 1.47. The summed E-state index contributed by atoms with van der Waals surface area (Å²) >= 11 is 0. The average Bonchev–Trinajstić information content (AvgIpc) is 3.15. The molecule has 1 amide bonds. The number of aromatic nitrogens is 1. The number of carbonyl (C=O) groups is 1. The van der Waals surface area contributed by atoms with Crippen LogP contribution in [-0.4, -0.2) is 55.6 Å². The second kappa shape index (κ2) is 8.53. The highest BCUT2D eigenvalue weighted by atomic mass is 16.5. The zero-order valence-corrected chi connectivity index (χ0v) is 15.0. The average molecular weight is 356 g/mol. The molecule has 0 bridgehead atoms. The quantitative estimate of drug-likeness (QED) is 0.765. The molecule has 2 heterocycles. The minimum atomic E-state index is -0.247. The third kappa shape index (κ3) is 4.43. The van der Waals surface area contributed by atoms with Crippen LogP contribution < -0.4 is 15.0 Å². The number of piperazine rings is 1. The highest BCUT2D eigenvalue weighted by Crippen LogP contribution is 2.22. The van der Waals surface area contributed by atoms with Crippen molar-refractivity contribution in [3.05, 3.63) is 54.8 Å². The molecule has 1 aliphatic heterocycles. The van der Waals surface area contributed by atoms with Crippen molar-refractivity contribution in [3.63, 3.8) is 0 Å². The lowest BCUT2D eigenvalue weighted by molar-refractivity contribution is 0.0953. The molecule has 1 saturated heterocycles. The Morgan fingerprint density at radius 1 is 1.38 bits per heavy atom. The summed E-state index contributed by atoms with van der Waals surface area (Å²) < 4.78 is 10.7. The Morgan fingerprint density at radius 3 is 2.92 bits per heavy atom. The Morgan fingerprint density at radius 2 is 2.19 bits per heavy atom. The maximum Gasteiger partial charge on any atom is 0.273 e. The zero-order valence-electron chi connectivity index (χ0n) is 15.0. The van der Waals surface area contributed by atoms with Crippen LogP contribution in [0.3, 0.4) is 0 Å². The Kier molecular flexibility index (Phi) is 5.91. The van der Waals surface area contributed by atoms with Gasteiger partial charge in [0.05, 0.1) is 13.7 Å². The standard InChI is InChI=1S/C19H24N4O3/c1-3-7-20-19(24)17-14-26-18(21-17)13-22-8-10-23(11-9-22)15-5-4-6-16(12-15)25-2/h3-6,12,14H,1,7-11,13H2,2H3,(H,20,24). The summed E-state index contributed by atoms with van der Waals surface area (Å²) in [7, 11) is 1.68. The fourth-order valence-electron chi connectivity index (χ4n) is 2.91. The number of ether oxygens (including phenoxy) is 1. The van der Waals surface area contributed by atoms with Crippen LogP contribution in [0.2, 0.25) is 0 Å². The topological polar surface area (TPSA) is 70.8 Å². The SMILES string of the molecule is C=CCNC(=O)c1coc(CN2CCN(c3cccc(OC)c3)CC2)n1. The Hall–Kier alpha value is -2.80. The van der Waals surface area contributed by atoms with Crippen molar-refractivity contribution in [1.29, 1.82) is 0 Å². The molecule has 0 unspecified atom stereocenters. The van der Waals surface area contributed by atoms with E-state index in [0.29, 0.717) is 24.7 Å². The highest BCUT2D eigenvalue weighted by Gasteiger charge is 2.20. The molecule has 3 rings (SSSR count). The molecule has 7 nitrogen and oxygen atoms in total. The van der Waals surface area contributed by atoms with Crippen molar-refractivity contribution >= 4 is 11.6 Å². The Bertz CT molecular complexity index is 751. The van der Waals surface area contributed by atoms with Gasteiger partial charge in [-0.2, -0.15) is 0 Å². The van der Waals surface area contributed by atoms with Crippen LogP contribution in [0.1, 0.15) is 16.4 Å². The number of nitrogens with one attached hydrogen (secondary N) is 1. The largest absolute Gasteiger partial charge is 0.497 e. The second-order valence-corrected chi connectivity index (χ2v) is 6.09. The van der Waals surface area contributed by atoms with Crippen LogP contribution in [0.5, 0.6) is 5.75 Å². The Balaban J connectivity index is 1.52. The first-order chi connectivity index (χ1) is 12.7. The van der Waals surface area contributed by atoms with Gasteiger partial charge < -0.3 is 19.4 Å². The molecule has 0 saturated carbocycles. The molecular weight excluding hydrogens is 332 g/mol. The van der Waals surface area contributed by atoms with E-state index in [4.69, 9.17) is 9.15 Å². The molecule has 7 heteroatoms. The molecule has 2 aromatic rings. The van der Waals surface area contributed by atoms with Gasteiger partial charge in [0, 0.05) is 44.5 Å². The van der Waals surface area contributed by atoms with E-state index in [0.717, 1.165) is 31.9 Å². The molecule has 1 N–H and O–H groups in total. The zero-order chi connectivity index (χ0) is 18.4. The fourth-order valence-corrected chi connectivity index (χ4v) is 2.91. The summed E-state index contributed by atoms with van der Waals surface area (Å²) in [4.78, 5) is 20.7. The molecule has 1 aliphatic rings. The van der Waals surface area contributed by atoms with Crippen molar-refractivity contribution < 1.29 is 13.9 Å². The number of amides is 1. The van der Waals surface area contributed by atoms with Gasteiger partial charge in [-0.15, -0.1) is 6.58 Å². The van der Waals surface area contributed by atoms with Crippen LogP contribution in [0.15, 0.2) is 47.6 Å². The van der Waals surface area contributed by atoms with Gasteiger partial charge in [-0.05, 0) is 12.1 Å². The monoisotopic (exact) mass is 356 g/mol. The molecule has 0 spiro atoms. The smallest absolute Gasteiger partial charge is 0.273 e. The molecule has 1 aromatic carbocycles. The summed E-state index contributed by atoms with van der Waals surface area (Å²) in [6.45, 7) is 8.21. The fraction of sp³-hybridized carbons (Fsp3) is 0.368. The van der Waals surface area contributed by atoms with E-state index < -0.39 is 0 Å². The summed E-state index contributed by atoms with van der Waals surface area (Å²) in [5.74, 6) is 1.18. The van der Waals surface area contributed by atoms with Crippen LogP contribution in [0, 0.1) is 0 Å². The predicted octanol–water partition coefficient (Wildman–Crippen LogP) is 1.92. The predicted molar refractivity (Wildman–Crippen MR) is 99.5 cm³/mol. The van der Waals surface area contributed by atoms with E-state index in [1.807, 2.05) is 12.1 Å². The van der Waals surface area contributed by atoms with Gasteiger partial charge in [0.15, 0.2) is 5.69 Å². The minimum absolute atomic E-state index is 0.247. The molecule has 0 aliphatic carbocycles. The summed E-state index contributed by atoms with van der Waals surface area (Å²) in [5, 5.41) is 2.69. The van der Waals surface area contributed by atoms with Crippen molar-refractivity contribution in [3.8, 4) is 5.75 Å². The molecule has 1 fully saturated rings. The van der Waals surface area contributed by atoms with Crippen molar-refractivity contribution in [2.75, 3.05) is 44.7 Å². The van der Waals surface area contributed by atoms with Crippen molar-refractivity contribution in [1.82, 2.24) is 15.2 Å². The number of rotatable bonds is 7. The highest BCUT2D eigenvalue weighted by molar-refractivity contribution is 5.91. The van der Waals surface area contributed by atoms with E-state index in [1.54, 1.807) is 13.2 Å². The van der Waals surface area contributed by atoms with E-state index >= 15 is 0 Å². The number of benzene rings is 1. The number of methoxy groups -OCH3 is 1.